The Labute approximate surface area is 118 Å². The highest BCUT2D eigenvalue weighted by Crippen LogP contribution is 2.21. The summed E-state index contributed by atoms with van der Waals surface area (Å²) in [5.41, 5.74) is 1.06. The topological polar surface area (TPSA) is 48.5 Å². The van der Waals surface area contributed by atoms with E-state index in [0.717, 1.165) is 37.0 Å². The molecule has 1 atom stereocenters. The average molecular weight is 282 g/mol. The number of nitrogens with one attached hydrogen (secondary N) is 1. The minimum Gasteiger partial charge on any atom is -0.312 e. The Morgan fingerprint density at radius 1 is 1.68 bits per heavy atom. The second-order valence-corrected chi connectivity index (χ2v) is 5.81. The van der Waals surface area contributed by atoms with Gasteiger partial charge in [-0.3, -0.25) is 14.6 Å². The maximum Gasteiger partial charge on any atom is 0.225 e. The van der Waals surface area contributed by atoms with Crippen LogP contribution in [0.1, 0.15) is 26.5 Å². The maximum absolute atomic E-state index is 11.5. The van der Waals surface area contributed by atoms with Gasteiger partial charge in [0.15, 0.2) is 5.13 Å². The quantitative estimate of drug-likeness (QED) is 0.904. The third-order valence-corrected chi connectivity index (χ3v) is 4.22. The molecule has 0 saturated carbocycles. The minimum atomic E-state index is 0.0548. The standard InChI is InChI=1S/C13H22N4OS/c1-4-17(11(3)18)13-15-12(9-19-13)8-16-6-5-14-10(2)7-16/h9-10,14H,4-8H2,1-3H3/t10-/m1/s1. The second-order valence-electron chi connectivity index (χ2n) is 4.97. The monoisotopic (exact) mass is 282 g/mol. The summed E-state index contributed by atoms with van der Waals surface area (Å²) in [5, 5.41) is 6.31. The van der Waals surface area contributed by atoms with Gasteiger partial charge in [0.25, 0.3) is 0 Å². The lowest BCUT2D eigenvalue weighted by Crippen LogP contribution is -2.48. The van der Waals surface area contributed by atoms with Crippen molar-refractivity contribution in [3.05, 3.63) is 11.1 Å². The highest BCUT2D eigenvalue weighted by atomic mass is 32.1. The molecule has 1 aromatic heterocycles. The summed E-state index contributed by atoms with van der Waals surface area (Å²) in [5.74, 6) is 0.0548. The van der Waals surface area contributed by atoms with Crippen LogP contribution in [-0.2, 0) is 11.3 Å². The maximum atomic E-state index is 11.5. The molecule has 1 N–H and O–H groups in total. The van der Waals surface area contributed by atoms with E-state index in [1.54, 1.807) is 23.2 Å². The number of piperazine rings is 1. The van der Waals surface area contributed by atoms with Gasteiger partial charge in [0.1, 0.15) is 0 Å². The number of rotatable bonds is 4. The van der Waals surface area contributed by atoms with Gasteiger partial charge in [-0.15, -0.1) is 11.3 Å². The normalized spacial score (nSPS) is 20.5. The summed E-state index contributed by atoms with van der Waals surface area (Å²) in [7, 11) is 0. The summed E-state index contributed by atoms with van der Waals surface area (Å²) >= 11 is 1.55. The van der Waals surface area contributed by atoms with E-state index in [4.69, 9.17) is 0 Å². The van der Waals surface area contributed by atoms with Crippen molar-refractivity contribution in [1.29, 1.82) is 0 Å². The fraction of sp³-hybridized carbons (Fsp3) is 0.692. The van der Waals surface area contributed by atoms with E-state index in [0.29, 0.717) is 12.6 Å². The smallest absolute Gasteiger partial charge is 0.225 e. The van der Waals surface area contributed by atoms with Crippen molar-refractivity contribution in [3.63, 3.8) is 0 Å². The lowest BCUT2D eigenvalue weighted by atomic mass is 10.2. The largest absolute Gasteiger partial charge is 0.312 e. The third kappa shape index (κ3) is 3.75. The first-order valence-corrected chi connectivity index (χ1v) is 7.66. The van der Waals surface area contributed by atoms with Crippen LogP contribution in [0, 0.1) is 0 Å². The van der Waals surface area contributed by atoms with Crippen molar-refractivity contribution in [2.24, 2.45) is 0 Å². The zero-order valence-electron chi connectivity index (χ0n) is 11.8. The van der Waals surface area contributed by atoms with Crippen LogP contribution in [-0.4, -0.2) is 48.0 Å². The number of hydrogen-bond donors (Lipinski definition) is 1. The van der Waals surface area contributed by atoms with E-state index in [1.807, 2.05) is 6.92 Å². The Morgan fingerprint density at radius 2 is 2.47 bits per heavy atom. The highest BCUT2D eigenvalue weighted by molar-refractivity contribution is 7.14. The number of hydrogen-bond acceptors (Lipinski definition) is 5. The number of amides is 1. The van der Waals surface area contributed by atoms with Gasteiger partial charge in [0.05, 0.1) is 5.69 Å². The van der Waals surface area contributed by atoms with Gasteiger partial charge in [0.2, 0.25) is 5.91 Å². The number of aromatic nitrogens is 1. The first-order valence-electron chi connectivity index (χ1n) is 6.78. The van der Waals surface area contributed by atoms with E-state index < -0.39 is 0 Å². The predicted octanol–water partition coefficient (Wildman–Crippen LogP) is 1.31. The molecular weight excluding hydrogens is 260 g/mol. The van der Waals surface area contributed by atoms with Gasteiger partial charge in [-0.25, -0.2) is 4.98 Å². The van der Waals surface area contributed by atoms with Gasteiger partial charge in [-0.05, 0) is 13.8 Å². The molecule has 0 radical (unpaired) electrons. The molecule has 1 aromatic rings. The molecule has 5 nitrogen and oxygen atoms in total. The van der Waals surface area contributed by atoms with Crippen molar-refractivity contribution >= 4 is 22.4 Å². The zero-order chi connectivity index (χ0) is 13.8. The molecule has 1 aliphatic heterocycles. The first-order chi connectivity index (χ1) is 9.10. The number of thiazole rings is 1. The molecule has 1 saturated heterocycles. The number of anilines is 1. The molecule has 2 heterocycles. The lowest BCUT2D eigenvalue weighted by molar-refractivity contribution is -0.116. The predicted molar refractivity (Wildman–Crippen MR) is 78.6 cm³/mol. The van der Waals surface area contributed by atoms with Gasteiger partial charge < -0.3 is 5.32 Å². The Bertz CT molecular complexity index is 434. The molecule has 1 aliphatic rings. The van der Waals surface area contributed by atoms with Crippen molar-refractivity contribution in [2.45, 2.75) is 33.4 Å². The summed E-state index contributed by atoms with van der Waals surface area (Å²) < 4.78 is 0. The van der Waals surface area contributed by atoms with E-state index >= 15 is 0 Å². The van der Waals surface area contributed by atoms with Crippen molar-refractivity contribution in [3.8, 4) is 0 Å². The van der Waals surface area contributed by atoms with Crippen molar-refractivity contribution in [2.75, 3.05) is 31.1 Å². The van der Waals surface area contributed by atoms with Gasteiger partial charge in [-0.1, -0.05) is 0 Å². The molecule has 0 bridgehead atoms. The summed E-state index contributed by atoms with van der Waals surface area (Å²) in [6, 6.07) is 0.538. The third-order valence-electron chi connectivity index (χ3n) is 3.31. The van der Waals surface area contributed by atoms with Crippen LogP contribution in [0.2, 0.25) is 0 Å². The van der Waals surface area contributed by atoms with Gasteiger partial charge in [0, 0.05) is 51.1 Å². The van der Waals surface area contributed by atoms with Gasteiger partial charge in [-0.2, -0.15) is 0 Å². The Hall–Kier alpha value is -0.980. The van der Waals surface area contributed by atoms with Crippen molar-refractivity contribution < 1.29 is 4.79 Å². The highest BCUT2D eigenvalue weighted by Gasteiger charge is 2.18. The summed E-state index contributed by atoms with van der Waals surface area (Å²) in [6.45, 7) is 10.5. The summed E-state index contributed by atoms with van der Waals surface area (Å²) in [4.78, 5) is 20.2. The van der Waals surface area contributed by atoms with Gasteiger partial charge >= 0.3 is 0 Å². The van der Waals surface area contributed by atoms with Crippen LogP contribution in [0.15, 0.2) is 5.38 Å². The van der Waals surface area contributed by atoms with Crippen molar-refractivity contribution in [1.82, 2.24) is 15.2 Å². The fourth-order valence-corrected chi connectivity index (χ4v) is 3.29. The second kappa shape index (κ2) is 6.45. The van der Waals surface area contributed by atoms with E-state index in [2.05, 4.69) is 27.5 Å². The Balaban J connectivity index is 1.98. The molecule has 0 spiro atoms. The summed E-state index contributed by atoms with van der Waals surface area (Å²) in [6.07, 6.45) is 0. The Kier molecular flexibility index (Phi) is 4.90. The van der Waals surface area contributed by atoms with Crippen LogP contribution in [0.3, 0.4) is 0 Å². The molecule has 1 fully saturated rings. The molecular formula is C13H22N4OS. The minimum absolute atomic E-state index is 0.0548. The molecule has 2 rings (SSSR count). The molecule has 0 unspecified atom stereocenters. The molecule has 1 amide bonds. The van der Waals surface area contributed by atoms with Crippen LogP contribution in [0.5, 0.6) is 0 Å². The zero-order valence-corrected chi connectivity index (χ0v) is 12.7. The van der Waals surface area contributed by atoms with E-state index in [9.17, 15) is 4.79 Å². The van der Waals surface area contributed by atoms with Crippen LogP contribution in [0.25, 0.3) is 0 Å². The SMILES string of the molecule is CCN(C(C)=O)c1nc(CN2CCN[C@H](C)C2)cs1. The first kappa shape index (κ1) is 14.4. The molecule has 106 valence electrons. The lowest BCUT2D eigenvalue weighted by Gasteiger charge is -2.31. The van der Waals surface area contributed by atoms with Crippen LogP contribution >= 0.6 is 11.3 Å². The molecule has 19 heavy (non-hydrogen) atoms. The number of nitrogens with zero attached hydrogens (tertiary/aromatic N) is 3. The molecule has 0 aliphatic carbocycles. The Morgan fingerprint density at radius 3 is 3.11 bits per heavy atom. The number of carbonyl (C=O) groups is 1. The average Bonchev–Trinajstić information content (AvgIpc) is 2.78. The number of carbonyl (C=O) groups excluding carboxylic acids is 1. The molecule has 6 heteroatoms. The van der Waals surface area contributed by atoms with Crippen LogP contribution < -0.4 is 10.2 Å². The fourth-order valence-electron chi connectivity index (χ4n) is 2.37. The van der Waals surface area contributed by atoms with E-state index in [-0.39, 0.29) is 5.91 Å². The van der Waals surface area contributed by atoms with E-state index in [1.165, 1.54) is 0 Å². The van der Waals surface area contributed by atoms with Crippen LogP contribution in [0.4, 0.5) is 5.13 Å². The molecule has 0 aromatic carbocycles.